The van der Waals surface area contributed by atoms with Gasteiger partial charge in [-0.2, -0.15) is 0 Å². The molecule has 1 aliphatic heterocycles. The molecule has 0 aliphatic carbocycles. The molecule has 3 rings (SSSR count). The molecule has 1 aromatic carbocycles. The lowest BCUT2D eigenvalue weighted by Gasteiger charge is -2.12. The van der Waals surface area contributed by atoms with Crippen LogP contribution in [0.3, 0.4) is 0 Å². The lowest BCUT2D eigenvalue weighted by Crippen LogP contribution is -2.14. The summed E-state index contributed by atoms with van der Waals surface area (Å²) in [5, 5.41) is 4.27. The minimum atomic E-state index is 0.367. The van der Waals surface area contributed by atoms with Crippen LogP contribution in [0.4, 0.5) is 0 Å². The summed E-state index contributed by atoms with van der Waals surface area (Å²) < 4.78 is 0. The van der Waals surface area contributed by atoms with E-state index in [0.29, 0.717) is 6.04 Å². The van der Waals surface area contributed by atoms with Crippen molar-refractivity contribution in [1.29, 1.82) is 0 Å². The topological polar surface area (TPSA) is 24.9 Å². The van der Waals surface area contributed by atoms with E-state index in [1.807, 2.05) is 6.07 Å². The van der Waals surface area contributed by atoms with Crippen LogP contribution in [0.5, 0.6) is 0 Å². The van der Waals surface area contributed by atoms with Gasteiger partial charge in [-0.15, -0.1) is 0 Å². The quantitative estimate of drug-likeness (QED) is 0.878. The fourth-order valence-corrected chi connectivity index (χ4v) is 2.55. The lowest BCUT2D eigenvalue weighted by molar-refractivity contribution is 0.581. The molecule has 2 heterocycles. The van der Waals surface area contributed by atoms with E-state index in [4.69, 9.17) is 11.6 Å². The molecule has 2 nitrogen and oxygen atoms in total. The first-order valence-corrected chi connectivity index (χ1v) is 6.12. The summed E-state index contributed by atoms with van der Waals surface area (Å²) in [4.78, 5) is 4.01. The summed E-state index contributed by atoms with van der Waals surface area (Å²) in [5.41, 5.74) is 3.93. The van der Waals surface area contributed by atoms with Gasteiger partial charge in [0.1, 0.15) is 0 Å². The first-order chi connectivity index (χ1) is 8.34. The number of fused-ring (bicyclic) bond motifs is 1. The van der Waals surface area contributed by atoms with Crippen molar-refractivity contribution in [3.63, 3.8) is 0 Å². The maximum atomic E-state index is 6.14. The molecule has 1 unspecified atom stereocenters. The molecule has 3 heteroatoms. The second kappa shape index (κ2) is 4.47. The van der Waals surface area contributed by atoms with Crippen LogP contribution in [0.25, 0.3) is 0 Å². The van der Waals surface area contributed by atoms with E-state index in [1.54, 1.807) is 12.4 Å². The van der Waals surface area contributed by atoms with E-state index in [-0.39, 0.29) is 0 Å². The minimum absolute atomic E-state index is 0.367. The predicted octanol–water partition coefficient (Wildman–Crippen LogP) is 3.12. The van der Waals surface area contributed by atoms with Gasteiger partial charge in [-0.3, -0.25) is 4.98 Å². The molecule has 0 radical (unpaired) electrons. The Morgan fingerprint density at radius 1 is 1.29 bits per heavy atom. The van der Waals surface area contributed by atoms with E-state index in [1.165, 1.54) is 11.1 Å². The van der Waals surface area contributed by atoms with Crippen LogP contribution in [0.1, 0.15) is 22.7 Å². The number of nitrogens with one attached hydrogen (secondary N) is 1. The van der Waals surface area contributed by atoms with Crippen molar-refractivity contribution in [2.24, 2.45) is 0 Å². The molecule has 0 amide bonds. The molecule has 2 aromatic rings. The van der Waals surface area contributed by atoms with Gasteiger partial charge in [0.05, 0.1) is 5.02 Å². The predicted molar refractivity (Wildman–Crippen MR) is 69.0 cm³/mol. The third-order valence-electron chi connectivity index (χ3n) is 3.25. The maximum Gasteiger partial charge on any atom is 0.0622 e. The van der Waals surface area contributed by atoms with Crippen LogP contribution >= 0.6 is 11.6 Å². The van der Waals surface area contributed by atoms with Crippen LogP contribution in [0, 0.1) is 0 Å². The summed E-state index contributed by atoms with van der Waals surface area (Å²) in [7, 11) is 0. The van der Waals surface area contributed by atoms with Gasteiger partial charge >= 0.3 is 0 Å². The SMILES string of the molecule is Clc1cnccc1CC1NCc2ccccc21. The maximum absolute atomic E-state index is 6.14. The average Bonchev–Trinajstić information content (AvgIpc) is 2.76. The first-order valence-electron chi connectivity index (χ1n) is 5.74. The fourth-order valence-electron chi connectivity index (χ4n) is 2.35. The molecule has 17 heavy (non-hydrogen) atoms. The zero-order valence-corrected chi connectivity index (χ0v) is 10.1. The number of hydrogen-bond acceptors (Lipinski definition) is 2. The molecule has 1 N–H and O–H groups in total. The highest BCUT2D eigenvalue weighted by molar-refractivity contribution is 6.31. The van der Waals surface area contributed by atoms with Crippen molar-refractivity contribution < 1.29 is 0 Å². The van der Waals surface area contributed by atoms with Gasteiger partial charge in [0.15, 0.2) is 0 Å². The van der Waals surface area contributed by atoms with Gasteiger partial charge < -0.3 is 5.32 Å². The van der Waals surface area contributed by atoms with E-state index < -0.39 is 0 Å². The van der Waals surface area contributed by atoms with E-state index in [0.717, 1.165) is 23.6 Å². The molecule has 1 aromatic heterocycles. The van der Waals surface area contributed by atoms with E-state index in [9.17, 15) is 0 Å². The van der Waals surface area contributed by atoms with Crippen LogP contribution in [-0.4, -0.2) is 4.98 Å². The molecular formula is C14H13ClN2. The highest BCUT2D eigenvalue weighted by Gasteiger charge is 2.21. The van der Waals surface area contributed by atoms with Gasteiger partial charge in [-0.05, 0) is 29.2 Å². The van der Waals surface area contributed by atoms with Crippen molar-refractivity contribution in [2.45, 2.75) is 19.0 Å². The average molecular weight is 245 g/mol. The highest BCUT2D eigenvalue weighted by atomic mass is 35.5. The van der Waals surface area contributed by atoms with Gasteiger partial charge in [0.2, 0.25) is 0 Å². The molecular weight excluding hydrogens is 232 g/mol. The Hall–Kier alpha value is -1.38. The minimum Gasteiger partial charge on any atom is -0.306 e. The van der Waals surface area contributed by atoms with Gasteiger partial charge in [0.25, 0.3) is 0 Å². The highest BCUT2D eigenvalue weighted by Crippen LogP contribution is 2.29. The normalized spacial score (nSPS) is 18.1. The van der Waals surface area contributed by atoms with E-state index in [2.05, 4.69) is 34.6 Å². The second-order valence-corrected chi connectivity index (χ2v) is 4.71. The zero-order chi connectivity index (χ0) is 11.7. The summed E-state index contributed by atoms with van der Waals surface area (Å²) in [6.45, 7) is 0.948. The standard InChI is InChI=1S/C14H13ClN2/c15-13-9-16-6-5-10(13)7-14-12-4-2-1-3-11(12)8-17-14/h1-6,9,14,17H,7-8H2. The number of rotatable bonds is 2. The van der Waals surface area contributed by atoms with Crippen molar-refractivity contribution >= 4 is 11.6 Å². The summed E-state index contributed by atoms with van der Waals surface area (Å²) in [6, 6.07) is 10.9. The molecule has 0 saturated heterocycles. The molecule has 0 spiro atoms. The van der Waals surface area contributed by atoms with Gasteiger partial charge in [-0.25, -0.2) is 0 Å². The Balaban J connectivity index is 1.87. The number of benzene rings is 1. The zero-order valence-electron chi connectivity index (χ0n) is 9.36. The molecule has 1 atom stereocenters. The Bertz CT molecular complexity index is 539. The fraction of sp³-hybridized carbons (Fsp3) is 0.214. The van der Waals surface area contributed by atoms with E-state index >= 15 is 0 Å². The third-order valence-corrected chi connectivity index (χ3v) is 3.59. The molecule has 0 saturated carbocycles. The van der Waals surface area contributed by atoms with Crippen LogP contribution in [0.15, 0.2) is 42.7 Å². The number of hydrogen-bond donors (Lipinski definition) is 1. The molecule has 86 valence electrons. The summed E-state index contributed by atoms with van der Waals surface area (Å²) >= 11 is 6.14. The molecule has 0 fully saturated rings. The Morgan fingerprint density at radius 3 is 3.06 bits per heavy atom. The number of nitrogens with zero attached hydrogens (tertiary/aromatic N) is 1. The Morgan fingerprint density at radius 2 is 2.18 bits per heavy atom. The summed E-state index contributed by atoms with van der Waals surface area (Å²) in [6.07, 6.45) is 4.41. The number of halogens is 1. The van der Waals surface area contributed by atoms with Gasteiger partial charge in [0, 0.05) is 25.0 Å². The summed E-state index contributed by atoms with van der Waals surface area (Å²) in [5.74, 6) is 0. The van der Waals surface area contributed by atoms with Crippen molar-refractivity contribution in [3.8, 4) is 0 Å². The Kier molecular flexibility index (Phi) is 2.83. The largest absolute Gasteiger partial charge is 0.306 e. The monoisotopic (exact) mass is 244 g/mol. The number of pyridine rings is 1. The molecule has 0 bridgehead atoms. The molecule has 1 aliphatic rings. The van der Waals surface area contributed by atoms with Crippen molar-refractivity contribution in [3.05, 3.63) is 64.4 Å². The van der Waals surface area contributed by atoms with Crippen LogP contribution in [-0.2, 0) is 13.0 Å². The second-order valence-electron chi connectivity index (χ2n) is 4.30. The van der Waals surface area contributed by atoms with Gasteiger partial charge in [-0.1, -0.05) is 35.9 Å². The first kappa shape index (κ1) is 10.8. The van der Waals surface area contributed by atoms with Crippen LogP contribution < -0.4 is 5.32 Å². The third kappa shape index (κ3) is 2.06. The Labute approximate surface area is 106 Å². The van der Waals surface area contributed by atoms with Crippen molar-refractivity contribution in [1.82, 2.24) is 10.3 Å². The number of aromatic nitrogens is 1. The lowest BCUT2D eigenvalue weighted by atomic mass is 9.99. The van der Waals surface area contributed by atoms with Crippen molar-refractivity contribution in [2.75, 3.05) is 0 Å². The van der Waals surface area contributed by atoms with Crippen LogP contribution in [0.2, 0.25) is 5.02 Å². The smallest absolute Gasteiger partial charge is 0.0622 e.